The maximum Gasteiger partial charge on any atom is 0.161 e. The van der Waals surface area contributed by atoms with E-state index in [2.05, 4.69) is 179 Å². The van der Waals surface area contributed by atoms with E-state index in [4.69, 9.17) is 9.97 Å². The molecule has 4 nitrogen and oxygen atoms in total. The first-order chi connectivity index (χ1) is 26.8. The standard InChI is InChI=1S/C50H30N4/c1-4-14-31(15-5-1)39-28-45-46(29-40(39)50-51-41(32-16-6-2-7-17-32)30-42(52-50)33-18-8-3-9-19-33)54-44-23-13-11-21-36(44)38-27-25-34-24-26-37-35-20-10-12-22-43(35)53(45)48(37)47(34)49(38)54/h1-30H. The lowest BCUT2D eigenvalue weighted by molar-refractivity contribution is 1.18. The van der Waals surface area contributed by atoms with Crippen molar-refractivity contribution >= 4 is 65.4 Å². The molecule has 0 aliphatic heterocycles. The van der Waals surface area contributed by atoms with Crippen molar-refractivity contribution in [1.29, 1.82) is 0 Å². The number of nitrogens with zero attached hydrogens (tertiary/aromatic N) is 4. The number of benzene rings is 8. The topological polar surface area (TPSA) is 34.6 Å². The molecule has 0 amide bonds. The third-order valence-corrected chi connectivity index (χ3v) is 11.2. The number of hydrogen-bond acceptors (Lipinski definition) is 2. The number of hydrogen-bond donors (Lipinski definition) is 0. The molecule has 0 aliphatic rings. The van der Waals surface area contributed by atoms with Crippen LogP contribution in [0.1, 0.15) is 0 Å². The molecule has 12 rings (SSSR count). The minimum Gasteiger partial charge on any atom is -0.306 e. The Hall–Kier alpha value is -7.30. The van der Waals surface area contributed by atoms with Gasteiger partial charge in [0.25, 0.3) is 0 Å². The van der Waals surface area contributed by atoms with E-state index >= 15 is 0 Å². The number of rotatable bonds is 4. The Kier molecular flexibility index (Phi) is 6.02. The fourth-order valence-electron chi connectivity index (χ4n) is 8.87. The second-order valence-corrected chi connectivity index (χ2v) is 14.2. The van der Waals surface area contributed by atoms with Crippen molar-refractivity contribution < 1.29 is 0 Å². The Balaban J connectivity index is 1.33. The van der Waals surface area contributed by atoms with Gasteiger partial charge in [-0.2, -0.15) is 0 Å². The molecule has 0 bridgehead atoms. The van der Waals surface area contributed by atoms with Gasteiger partial charge in [0.05, 0.1) is 44.5 Å². The first-order valence-electron chi connectivity index (χ1n) is 18.4. The summed E-state index contributed by atoms with van der Waals surface area (Å²) in [7, 11) is 0. The Morgan fingerprint density at radius 1 is 0.333 bits per heavy atom. The largest absolute Gasteiger partial charge is 0.306 e. The van der Waals surface area contributed by atoms with Gasteiger partial charge >= 0.3 is 0 Å². The highest BCUT2D eigenvalue weighted by atomic mass is 15.0. The van der Waals surface area contributed by atoms with Crippen molar-refractivity contribution in [3.05, 3.63) is 182 Å². The molecule has 4 heterocycles. The van der Waals surface area contributed by atoms with Gasteiger partial charge in [0.1, 0.15) is 0 Å². The number of aromatic nitrogens is 4. The van der Waals surface area contributed by atoms with Gasteiger partial charge in [0, 0.05) is 43.6 Å². The summed E-state index contributed by atoms with van der Waals surface area (Å²) in [6.45, 7) is 0. The maximum atomic E-state index is 5.39. The zero-order chi connectivity index (χ0) is 35.3. The summed E-state index contributed by atoms with van der Waals surface area (Å²) in [6, 6.07) is 65.3. The van der Waals surface area contributed by atoms with Crippen LogP contribution in [0.15, 0.2) is 182 Å². The van der Waals surface area contributed by atoms with Crippen LogP contribution in [0, 0.1) is 0 Å². The van der Waals surface area contributed by atoms with E-state index < -0.39 is 0 Å². The average molecular weight is 687 g/mol. The average Bonchev–Trinajstić information content (AvgIpc) is 3.73. The summed E-state index contributed by atoms with van der Waals surface area (Å²) in [4.78, 5) is 10.8. The molecule has 0 N–H and O–H groups in total. The minimum atomic E-state index is 0.687. The second-order valence-electron chi connectivity index (χ2n) is 14.2. The van der Waals surface area contributed by atoms with Gasteiger partial charge in [-0.15, -0.1) is 0 Å². The Morgan fingerprint density at radius 2 is 0.778 bits per heavy atom. The third-order valence-electron chi connectivity index (χ3n) is 11.2. The van der Waals surface area contributed by atoms with Gasteiger partial charge in [0.15, 0.2) is 5.82 Å². The second kappa shape index (κ2) is 11.1. The van der Waals surface area contributed by atoms with Crippen LogP contribution in [-0.2, 0) is 0 Å². The summed E-state index contributed by atoms with van der Waals surface area (Å²) >= 11 is 0. The predicted molar refractivity (Wildman–Crippen MR) is 224 cm³/mol. The first kappa shape index (κ1) is 29.3. The molecule has 0 aliphatic carbocycles. The lowest BCUT2D eigenvalue weighted by Crippen LogP contribution is -1.99. The predicted octanol–water partition coefficient (Wildman–Crippen LogP) is 12.9. The normalized spacial score (nSPS) is 12.1. The third kappa shape index (κ3) is 4.08. The molecular weight excluding hydrogens is 657 g/mol. The summed E-state index contributed by atoms with van der Waals surface area (Å²) < 4.78 is 5.01. The van der Waals surface area contributed by atoms with E-state index in [1.807, 2.05) is 12.1 Å². The van der Waals surface area contributed by atoms with Crippen LogP contribution in [0.3, 0.4) is 0 Å². The van der Waals surface area contributed by atoms with Crippen LogP contribution in [0.5, 0.6) is 0 Å². The Morgan fingerprint density at radius 3 is 1.30 bits per heavy atom. The van der Waals surface area contributed by atoms with E-state index in [1.165, 1.54) is 54.4 Å². The van der Waals surface area contributed by atoms with Crippen LogP contribution in [0.25, 0.3) is 110 Å². The van der Waals surface area contributed by atoms with Crippen molar-refractivity contribution in [2.45, 2.75) is 0 Å². The molecule has 0 spiro atoms. The van der Waals surface area contributed by atoms with Gasteiger partial charge in [-0.05, 0) is 46.8 Å². The minimum absolute atomic E-state index is 0.687. The summed E-state index contributed by atoms with van der Waals surface area (Å²) in [5.74, 6) is 0.687. The molecule has 250 valence electrons. The van der Waals surface area contributed by atoms with Gasteiger partial charge in [-0.1, -0.05) is 152 Å². The highest BCUT2D eigenvalue weighted by Gasteiger charge is 2.24. The number of para-hydroxylation sites is 2. The zero-order valence-corrected chi connectivity index (χ0v) is 29.1. The highest BCUT2D eigenvalue weighted by Crippen LogP contribution is 2.45. The summed E-state index contributed by atoms with van der Waals surface area (Å²) in [6.07, 6.45) is 0. The van der Waals surface area contributed by atoms with Crippen molar-refractivity contribution in [2.24, 2.45) is 0 Å². The maximum absolute atomic E-state index is 5.39. The zero-order valence-electron chi connectivity index (χ0n) is 29.1. The number of fused-ring (bicyclic) bond motifs is 9. The summed E-state index contributed by atoms with van der Waals surface area (Å²) in [5, 5.41) is 7.49. The smallest absolute Gasteiger partial charge is 0.161 e. The molecule has 0 unspecified atom stereocenters. The van der Waals surface area contributed by atoms with Crippen molar-refractivity contribution in [1.82, 2.24) is 18.8 Å². The fourth-order valence-corrected chi connectivity index (χ4v) is 8.87. The van der Waals surface area contributed by atoms with E-state index in [1.54, 1.807) is 0 Å². The van der Waals surface area contributed by atoms with Gasteiger partial charge in [0.2, 0.25) is 0 Å². The van der Waals surface area contributed by atoms with Gasteiger partial charge < -0.3 is 8.80 Å². The van der Waals surface area contributed by atoms with Crippen LogP contribution in [0.4, 0.5) is 0 Å². The quantitative estimate of drug-likeness (QED) is 0.185. The molecule has 54 heavy (non-hydrogen) atoms. The molecule has 4 heteroatoms. The molecule has 0 fully saturated rings. The molecule has 4 aromatic heterocycles. The molecule has 0 saturated heterocycles. The molecule has 8 aromatic carbocycles. The molecule has 0 radical (unpaired) electrons. The van der Waals surface area contributed by atoms with E-state index in [-0.39, 0.29) is 0 Å². The van der Waals surface area contributed by atoms with Crippen LogP contribution >= 0.6 is 0 Å². The lowest BCUT2D eigenvalue weighted by atomic mass is 9.97. The van der Waals surface area contributed by atoms with Gasteiger partial charge in [-0.25, -0.2) is 9.97 Å². The highest BCUT2D eigenvalue weighted by molar-refractivity contribution is 6.29. The van der Waals surface area contributed by atoms with E-state index in [9.17, 15) is 0 Å². The van der Waals surface area contributed by atoms with Crippen molar-refractivity contribution in [2.75, 3.05) is 0 Å². The fraction of sp³-hybridized carbons (Fsp3) is 0. The first-order valence-corrected chi connectivity index (χ1v) is 18.4. The lowest BCUT2D eigenvalue weighted by Gasteiger charge is -2.15. The Bertz CT molecular complexity index is 3350. The SMILES string of the molecule is c1ccc(-c2cc(-c3ccccc3)nc(-c3cc4c(cc3-c3ccccc3)n3c5ccccc5c5ccc6ccc7c8ccccc8n4c7c6c53)n2)cc1. The Labute approximate surface area is 310 Å². The molecular formula is C50H30N4. The van der Waals surface area contributed by atoms with E-state index in [0.717, 1.165) is 50.2 Å². The molecule has 0 atom stereocenters. The molecule has 12 aromatic rings. The van der Waals surface area contributed by atoms with Crippen molar-refractivity contribution in [3.8, 4) is 45.0 Å². The van der Waals surface area contributed by atoms with Crippen LogP contribution in [0.2, 0.25) is 0 Å². The van der Waals surface area contributed by atoms with E-state index in [0.29, 0.717) is 5.82 Å². The van der Waals surface area contributed by atoms with Crippen molar-refractivity contribution in [3.63, 3.8) is 0 Å². The van der Waals surface area contributed by atoms with Crippen LogP contribution in [-0.4, -0.2) is 18.8 Å². The molecule has 0 saturated carbocycles. The van der Waals surface area contributed by atoms with Gasteiger partial charge in [-0.3, -0.25) is 0 Å². The monoisotopic (exact) mass is 686 g/mol. The summed E-state index contributed by atoms with van der Waals surface area (Å²) in [5.41, 5.74) is 14.1. The van der Waals surface area contributed by atoms with Crippen LogP contribution < -0.4 is 0 Å².